The molecule has 0 amide bonds. The second-order valence-corrected chi connectivity index (χ2v) is 8.96. The molecule has 2 aromatic heterocycles. The number of fused-ring (bicyclic) bond motifs is 1. The Morgan fingerprint density at radius 1 is 0.879 bits per heavy atom. The van der Waals surface area contributed by atoms with Crippen molar-refractivity contribution in [3.05, 3.63) is 57.9 Å². The van der Waals surface area contributed by atoms with Gasteiger partial charge in [-0.3, -0.25) is 4.57 Å². The molecule has 1 aliphatic rings. The zero-order chi connectivity index (χ0) is 23.1. The first-order valence-corrected chi connectivity index (χ1v) is 11.6. The maximum Gasteiger partial charge on any atom is 0.161 e. The van der Waals surface area contributed by atoms with Crippen LogP contribution in [0.2, 0.25) is 15.2 Å². The van der Waals surface area contributed by atoms with Crippen LogP contribution in [0.15, 0.2) is 42.7 Å². The van der Waals surface area contributed by atoms with Gasteiger partial charge < -0.3 is 14.4 Å². The van der Waals surface area contributed by atoms with Gasteiger partial charge in [0.1, 0.15) is 17.3 Å². The molecule has 0 saturated carbocycles. The molecule has 1 aliphatic heterocycles. The first kappa shape index (κ1) is 22.1. The number of anilines is 1. The molecular formula is C24H21Cl3N4O2. The van der Waals surface area contributed by atoms with Gasteiger partial charge in [0.05, 0.1) is 30.3 Å². The third-order valence-electron chi connectivity index (χ3n) is 5.90. The van der Waals surface area contributed by atoms with Gasteiger partial charge in [0.15, 0.2) is 17.1 Å². The van der Waals surface area contributed by atoms with Crippen LogP contribution in [0.3, 0.4) is 0 Å². The largest absolute Gasteiger partial charge is 0.493 e. The highest BCUT2D eigenvalue weighted by Gasteiger charge is 2.27. The van der Waals surface area contributed by atoms with Crippen molar-refractivity contribution >= 4 is 51.7 Å². The van der Waals surface area contributed by atoms with Crippen molar-refractivity contribution in [3.63, 3.8) is 0 Å². The molecule has 9 heteroatoms. The van der Waals surface area contributed by atoms with Gasteiger partial charge in [0, 0.05) is 23.7 Å². The quantitative estimate of drug-likeness (QED) is 0.305. The Hall–Kier alpha value is -2.67. The van der Waals surface area contributed by atoms with Gasteiger partial charge >= 0.3 is 0 Å². The van der Waals surface area contributed by atoms with Crippen LogP contribution in [0.25, 0.3) is 27.8 Å². The van der Waals surface area contributed by atoms with Gasteiger partial charge in [0.25, 0.3) is 0 Å². The van der Waals surface area contributed by atoms with E-state index in [1.165, 1.54) is 0 Å². The molecule has 0 bridgehead atoms. The van der Waals surface area contributed by atoms with Gasteiger partial charge in [-0.15, -0.1) is 0 Å². The van der Waals surface area contributed by atoms with E-state index < -0.39 is 0 Å². The Morgan fingerprint density at radius 2 is 1.64 bits per heavy atom. The highest BCUT2D eigenvalue weighted by molar-refractivity contribution is 6.37. The molecule has 1 fully saturated rings. The monoisotopic (exact) mass is 502 g/mol. The van der Waals surface area contributed by atoms with Crippen LogP contribution < -0.4 is 14.4 Å². The molecule has 6 nitrogen and oxygen atoms in total. The number of methoxy groups -OCH3 is 2. The molecule has 33 heavy (non-hydrogen) atoms. The molecule has 0 N–H and O–H groups in total. The van der Waals surface area contributed by atoms with Crippen molar-refractivity contribution in [1.82, 2.24) is 14.5 Å². The van der Waals surface area contributed by atoms with Crippen LogP contribution in [-0.4, -0.2) is 41.8 Å². The summed E-state index contributed by atoms with van der Waals surface area (Å²) in [5, 5.41) is 2.36. The molecule has 3 heterocycles. The maximum atomic E-state index is 7.09. The Balaban J connectivity index is 1.85. The Kier molecular flexibility index (Phi) is 5.99. The fourth-order valence-corrected chi connectivity index (χ4v) is 5.24. The van der Waals surface area contributed by atoms with E-state index in [1.54, 1.807) is 32.7 Å². The van der Waals surface area contributed by atoms with Crippen molar-refractivity contribution in [2.45, 2.75) is 12.8 Å². The summed E-state index contributed by atoms with van der Waals surface area (Å²) >= 11 is 19.8. The summed E-state index contributed by atoms with van der Waals surface area (Å²) in [6, 6.07) is 11.0. The van der Waals surface area contributed by atoms with E-state index in [1.807, 2.05) is 28.8 Å². The minimum absolute atomic E-state index is 0.474. The van der Waals surface area contributed by atoms with Crippen molar-refractivity contribution in [2.24, 2.45) is 0 Å². The van der Waals surface area contributed by atoms with E-state index in [4.69, 9.17) is 44.3 Å². The molecule has 0 aliphatic carbocycles. The van der Waals surface area contributed by atoms with E-state index in [0.717, 1.165) is 48.3 Å². The smallest absolute Gasteiger partial charge is 0.161 e. The number of benzene rings is 2. The molecule has 1 saturated heterocycles. The molecule has 0 unspecified atom stereocenters. The second kappa shape index (κ2) is 8.93. The van der Waals surface area contributed by atoms with Crippen molar-refractivity contribution < 1.29 is 9.47 Å². The highest BCUT2D eigenvalue weighted by atomic mass is 35.5. The lowest BCUT2D eigenvalue weighted by Crippen LogP contribution is -2.19. The molecule has 4 aromatic rings. The van der Waals surface area contributed by atoms with Gasteiger partial charge in [-0.25, -0.2) is 9.97 Å². The van der Waals surface area contributed by atoms with Crippen LogP contribution >= 0.6 is 34.8 Å². The fourth-order valence-electron chi connectivity index (χ4n) is 4.37. The van der Waals surface area contributed by atoms with E-state index >= 15 is 0 Å². The topological polar surface area (TPSA) is 52.4 Å². The van der Waals surface area contributed by atoms with E-state index in [-0.39, 0.29) is 0 Å². The number of hydrogen-bond acceptors (Lipinski definition) is 5. The zero-order valence-corrected chi connectivity index (χ0v) is 20.4. The van der Waals surface area contributed by atoms with E-state index in [9.17, 15) is 0 Å². The molecule has 5 rings (SSSR count). The summed E-state index contributed by atoms with van der Waals surface area (Å²) in [6.07, 6.45) is 3.81. The van der Waals surface area contributed by atoms with Crippen LogP contribution in [0.5, 0.6) is 11.5 Å². The lowest BCUT2D eigenvalue weighted by atomic mass is 10.0. The highest BCUT2D eigenvalue weighted by Crippen LogP contribution is 2.46. The third-order valence-corrected chi connectivity index (χ3v) is 6.80. The average molecular weight is 504 g/mol. The van der Waals surface area contributed by atoms with E-state index in [2.05, 4.69) is 14.9 Å². The number of halogens is 3. The summed E-state index contributed by atoms with van der Waals surface area (Å²) in [4.78, 5) is 11.6. The standard InChI is InChI=1S/C24H21Cl3N4O2/c1-32-18-8-5-14(11-19(18)33-2)20-21-23(30-9-3-4-10-30)28-13-29-24(21)31(22(20)27)17-7-6-15(25)12-16(17)26/h5-8,11-13H,3-4,9-10H2,1-2H3. The molecule has 0 radical (unpaired) electrons. The second-order valence-electron chi connectivity index (χ2n) is 7.76. The van der Waals surface area contributed by atoms with Gasteiger partial charge in [-0.2, -0.15) is 0 Å². The summed E-state index contributed by atoms with van der Waals surface area (Å²) in [5.74, 6) is 2.10. The Morgan fingerprint density at radius 3 is 2.33 bits per heavy atom. The lowest BCUT2D eigenvalue weighted by Gasteiger charge is -2.18. The SMILES string of the molecule is COc1ccc(-c2c(Cl)n(-c3ccc(Cl)cc3Cl)c3ncnc(N4CCCC4)c23)cc1OC. The molecule has 0 spiro atoms. The minimum Gasteiger partial charge on any atom is -0.493 e. The average Bonchev–Trinajstić information content (AvgIpc) is 3.45. The fraction of sp³-hybridized carbons (Fsp3) is 0.250. The Bertz CT molecular complexity index is 1350. The van der Waals surface area contributed by atoms with Gasteiger partial charge in [-0.1, -0.05) is 40.9 Å². The van der Waals surface area contributed by atoms with Crippen LogP contribution in [0.1, 0.15) is 12.8 Å². The van der Waals surface area contributed by atoms with Gasteiger partial charge in [0.2, 0.25) is 0 Å². The summed E-state index contributed by atoms with van der Waals surface area (Å²) in [6.45, 7) is 1.87. The first-order chi connectivity index (χ1) is 16.0. The van der Waals surface area contributed by atoms with Crippen molar-refractivity contribution in [1.29, 1.82) is 0 Å². The van der Waals surface area contributed by atoms with E-state index in [0.29, 0.717) is 38.0 Å². The molecule has 2 aromatic carbocycles. The van der Waals surface area contributed by atoms with Crippen molar-refractivity contribution in [3.8, 4) is 28.3 Å². The molecular weight excluding hydrogens is 483 g/mol. The first-order valence-electron chi connectivity index (χ1n) is 10.5. The predicted molar refractivity (Wildman–Crippen MR) is 134 cm³/mol. The minimum atomic E-state index is 0.474. The van der Waals surface area contributed by atoms with Crippen molar-refractivity contribution in [2.75, 3.05) is 32.2 Å². The predicted octanol–water partition coefficient (Wildman–Crippen LogP) is 6.67. The number of nitrogens with zero attached hydrogens (tertiary/aromatic N) is 4. The van der Waals surface area contributed by atoms with Gasteiger partial charge in [-0.05, 0) is 48.7 Å². The lowest BCUT2D eigenvalue weighted by molar-refractivity contribution is 0.355. The number of hydrogen-bond donors (Lipinski definition) is 0. The number of aromatic nitrogens is 3. The molecule has 0 atom stereocenters. The number of ether oxygens (including phenoxy) is 2. The van der Waals surface area contributed by atoms with Crippen LogP contribution in [0, 0.1) is 0 Å². The summed E-state index contributed by atoms with van der Waals surface area (Å²) in [5.41, 5.74) is 3.03. The maximum absolute atomic E-state index is 7.09. The summed E-state index contributed by atoms with van der Waals surface area (Å²) < 4.78 is 12.8. The Labute approximate surface area is 206 Å². The molecule has 170 valence electrons. The summed E-state index contributed by atoms with van der Waals surface area (Å²) in [7, 11) is 3.22. The normalized spacial score (nSPS) is 13.7. The third kappa shape index (κ3) is 3.76. The van der Waals surface area contributed by atoms with Crippen LogP contribution in [-0.2, 0) is 0 Å². The zero-order valence-electron chi connectivity index (χ0n) is 18.1. The van der Waals surface area contributed by atoms with Crippen LogP contribution in [0.4, 0.5) is 5.82 Å². The number of rotatable bonds is 5.